The predicted octanol–water partition coefficient (Wildman–Crippen LogP) is 6.35. The Morgan fingerprint density at radius 1 is 1.27 bits per heavy atom. The SMILES string of the molecule is CCCCCCC1(CCCCC(=O)OCC)C=C(Br)SC1F. The van der Waals surface area contributed by atoms with Gasteiger partial charge in [-0.25, -0.2) is 4.39 Å². The number of thioether (sulfide) groups is 1. The number of carbonyl (C=O) groups is 1. The number of alkyl halides is 1. The number of rotatable bonds is 11. The summed E-state index contributed by atoms with van der Waals surface area (Å²) < 4.78 is 20.3. The molecule has 0 amide bonds. The molecule has 0 N–H and O–H groups in total. The van der Waals surface area contributed by atoms with Crippen molar-refractivity contribution in [1.29, 1.82) is 0 Å². The molecule has 0 aromatic carbocycles. The first kappa shape index (κ1) is 20.0. The second-order valence-electron chi connectivity index (χ2n) is 5.94. The van der Waals surface area contributed by atoms with Crippen molar-refractivity contribution in [3.8, 4) is 0 Å². The molecule has 2 nitrogen and oxygen atoms in total. The molecule has 0 radical (unpaired) electrons. The standard InChI is InChI=1S/C17H28BrFO2S/c1-3-5-6-8-11-17(13-14(18)22-16(17)19)12-9-7-10-15(20)21-4-2/h13,16H,3-12H2,1-2H3. The summed E-state index contributed by atoms with van der Waals surface area (Å²) in [6, 6.07) is 0. The minimum Gasteiger partial charge on any atom is -0.466 e. The summed E-state index contributed by atoms with van der Waals surface area (Å²) in [6.07, 6.45) is 10.5. The van der Waals surface area contributed by atoms with Crippen LogP contribution < -0.4 is 0 Å². The molecule has 2 unspecified atom stereocenters. The van der Waals surface area contributed by atoms with E-state index in [0.717, 1.165) is 35.9 Å². The third-order valence-electron chi connectivity index (χ3n) is 4.14. The average molecular weight is 395 g/mol. The monoisotopic (exact) mass is 394 g/mol. The number of hydrogen-bond donors (Lipinski definition) is 0. The lowest BCUT2D eigenvalue weighted by Gasteiger charge is -2.29. The number of esters is 1. The number of hydrogen-bond acceptors (Lipinski definition) is 3. The molecule has 22 heavy (non-hydrogen) atoms. The van der Waals surface area contributed by atoms with Crippen LogP contribution in [0, 0.1) is 5.41 Å². The molecule has 1 aliphatic heterocycles. The molecule has 5 heteroatoms. The van der Waals surface area contributed by atoms with Crippen molar-refractivity contribution >= 4 is 33.7 Å². The second kappa shape index (κ2) is 10.7. The number of ether oxygens (including phenoxy) is 1. The quantitative estimate of drug-likeness (QED) is 0.301. The average Bonchev–Trinajstić information content (AvgIpc) is 2.75. The van der Waals surface area contributed by atoms with Crippen LogP contribution in [-0.4, -0.2) is 18.1 Å². The van der Waals surface area contributed by atoms with Crippen molar-refractivity contribution in [1.82, 2.24) is 0 Å². The van der Waals surface area contributed by atoms with Gasteiger partial charge in [0.25, 0.3) is 0 Å². The first-order valence-electron chi connectivity index (χ1n) is 8.38. The van der Waals surface area contributed by atoms with Gasteiger partial charge in [-0.1, -0.05) is 56.9 Å². The molecule has 1 rings (SSSR count). The van der Waals surface area contributed by atoms with Crippen LogP contribution in [0.4, 0.5) is 4.39 Å². The van der Waals surface area contributed by atoms with E-state index in [0.29, 0.717) is 13.0 Å². The molecular weight excluding hydrogens is 367 g/mol. The Morgan fingerprint density at radius 2 is 1.95 bits per heavy atom. The minimum atomic E-state index is -0.869. The Labute approximate surface area is 146 Å². The zero-order valence-electron chi connectivity index (χ0n) is 13.7. The maximum Gasteiger partial charge on any atom is 0.305 e. The van der Waals surface area contributed by atoms with Crippen molar-refractivity contribution in [3.05, 3.63) is 9.89 Å². The summed E-state index contributed by atoms with van der Waals surface area (Å²) in [5, 5.41) is 0. The summed E-state index contributed by atoms with van der Waals surface area (Å²) >= 11 is 4.72. The van der Waals surface area contributed by atoms with Gasteiger partial charge >= 0.3 is 5.97 Å². The van der Waals surface area contributed by atoms with E-state index in [1.54, 1.807) is 0 Å². The fraction of sp³-hybridized carbons (Fsp3) is 0.824. The Kier molecular flexibility index (Phi) is 9.73. The van der Waals surface area contributed by atoms with Crippen molar-refractivity contribution < 1.29 is 13.9 Å². The van der Waals surface area contributed by atoms with Gasteiger partial charge in [-0.3, -0.25) is 4.79 Å². The molecule has 1 heterocycles. The Balaban J connectivity index is 2.44. The van der Waals surface area contributed by atoms with Crippen molar-refractivity contribution in [2.45, 2.75) is 77.1 Å². The van der Waals surface area contributed by atoms with Gasteiger partial charge in [-0.15, -0.1) is 0 Å². The Hall–Kier alpha value is -0.0300. The van der Waals surface area contributed by atoms with E-state index in [4.69, 9.17) is 4.74 Å². The van der Waals surface area contributed by atoms with E-state index in [9.17, 15) is 9.18 Å². The highest BCUT2D eigenvalue weighted by molar-refractivity contribution is 9.14. The van der Waals surface area contributed by atoms with Gasteiger partial charge in [0.1, 0.15) is 0 Å². The molecule has 0 bridgehead atoms. The van der Waals surface area contributed by atoms with E-state index >= 15 is 0 Å². The van der Waals surface area contributed by atoms with Gasteiger partial charge < -0.3 is 4.74 Å². The summed E-state index contributed by atoms with van der Waals surface area (Å²) in [4.78, 5) is 11.4. The Morgan fingerprint density at radius 3 is 2.50 bits per heavy atom. The molecule has 1 aliphatic rings. The van der Waals surface area contributed by atoms with Gasteiger partial charge in [-0.2, -0.15) is 0 Å². The van der Waals surface area contributed by atoms with Crippen molar-refractivity contribution in [2.75, 3.05) is 6.61 Å². The molecule has 0 aromatic rings. The number of carbonyl (C=O) groups excluding carboxylic acids is 1. The molecule has 0 fully saturated rings. The number of unbranched alkanes of at least 4 members (excludes halogenated alkanes) is 4. The Bertz CT molecular complexity index is 376. The van der Waals surface area contributed by atoms with Crippen LogP contribution in [-0.2, 0) is 9.53 Å². The second-order valence-corrected chi connectivity index (χ2v) is 8.41. The summed E-state index contributed by atoms with van der Waals surface area (Å²) in [5.74, 6) is -0.145. The molecule has 0 saturated carbocycles. The van der Waals surface area contributed by atoms with E-state index in [2.05, 4.69) is 28.9 Å². The highest BCUT2D eigenvalue weighted by atomic mass is 79.9. The van der Waals surface area contributed by atoms with Gasteiger partial charge in [0.2, 0.25) is 0 Å². The van der Waals surface area contributed by atoms with Gasteiger partial charge in [0, 0.05) is 15.7 Å². The zero-order valence-corrected chi connectivity index (χ0v) is 16.1. The normalized spacial score (nSPS) is 24.4. The number of allylic oxidation sites excluding steroid dienone is 1. The summed E-state index contributed by atoms with van der Waals surface area (Å²) in [5.41, 5.74) is -1.22. The maximum atomic E-state index is 14.5. The lowest BCUT2D eigenvalue weighted by Crippen LogP contribution is -2.25. The fourth-order valence-electron chi connectivity index (χ4n) is 2.88. The van der Waals surface area contributed by atoms with E-state index in [-0.39, 0.29) is 11.4 Å². The smallest absolute Gasteiger partial charge is 0.305 e. The van der Waals surface area contributed by atoms with Crippen LogP contribution in [0.2, 0.25) is 0 Å². The van der Waals surface area contributed by atoms with Gasteiger partial charge in [-0.05, 0) is 42.1 Å². The lowest BCUT2D eigenvalue weighted by molar-refractivity contribution is -0.143. The van der Waals surface area contributed by atoms with Crippen molar-refractivity contribution in [2.24, 2.45) is 5.41 Å². The first-order chi connectivity index (χ1) is 10.5. The fourth-order valence-corrected chi connectivity index (χ4v) is 4.86. The topological polar surface area (TPSA) is 26.3 Å². The highest BCUT2D eigenvalue weighted by Crippen LogP contribution is 2.53. The summed E-state index contributed by atoms with van der Waals surface area (Å²) in [6.45, 7) is 4.43. The third kappa shape index (κ3) is 6.61. The van der Waals surface area contributed by atoms with E-state index < -0.39 is 5.50 Å². The zero-order chi connectivity index (χ0) is 16.4. The summed E-state index contributed by atoms with van der Waals surface area (Å²) in [7, 11) is 0. The minimum absolute atomic E-state index is 0.145. The number of halogens is 2. The van der Waals surface area contributed by atoms with Crippen LogP contribution in [0.25, 0.3) is 0 Å². The third-order valence-corrected chi connectivity index (χ3v) is 5.95. The maximum absolute atomic E-state index is 14.5. The molecule has 128 valence electrons. The molecule has 0 saturated heterocycles. The van der Waals surface area contributed by atoms with Crippen LogP contribution in [0.3, 0.4) is 0 Å². The van der Waals surface area contributed by atoms with Crippen LogP contribution in [0.5, 0.6) is 0 Å². The van der Waals surface area contributed by atoms with Crippen LogP contribution in [0.1, 0.15) is 71.6 Å². The van der Waals surface area contributed by atoms with Crippen molar-refractivity contribution in [3.63, 3.8) is 0 Å². The molecule has 2 atom stereocenters. The molecule has 0 spiro atoms. The van der Waals surface area contributed by atoms with Crippen LogP contribution in [0.15, 0.2) is 9.89 Å². The molecule has 0 aliphatic carbocycles. The predicted molar refractivity (Wildman–Crippen MR) is 95.8 cm³/mol. The van der Waals surface area contributed by atoms with Gasteiger partial charge in [0.05, 0.1) is 6.61 Å². The first-order valence-corrected chi connectivity index (χ1v) is 10.1. The lowest BCUT2D eigenvalue weighted by atomic mass is 9.79. The van der Waals surface area contributed by atoms with Crippen LogP contribution >= 0.6 is 27.7 Å². The molecule has 0 aromatic heterocycles. The van der Waals surface area contributed by atoms with E-state index in [1.807, 2.05) is 6.92 Å². The molecular formula is C17H28BrFO2S. The largest absolute Gasteiger partial charge is 0.466 e. The highest BCUT2D eigenvalue weighted by Gasteiger charge is 2.42. The van der Waals surface area contributed by atoms with E-state index in [1.165, 1.54) is 31.0 Å². The van der Waals surface area contributed by atoms with Gasteiger partial charge in [0.15, 0.2) is 5.50 Å².